The van der Waals surface area contributed by atoms with Crippen LogP contribution in [0.3, 0.4) is 0 Å². The average molecular weight is 480 g/mol. The van der Waals surface area contributed by atoms with Gasteiger partial charge in [-0.3, -0.25) is 4.79 Å². The fourth-order valence-corrected chi connectivity index (χ4v) is 4.43. The molecule has 1 N–H and O–H groups in total. The zero-order valence-electron chi connectivity index (χ0n) is 15.9. The van der Waals surface area contributed by atoms with Crippen molar-refractivity contribution in [2.24, 2.45) is 0 Å². The zero-order chi connectivity index (χ0) is 21.6. The lowest BCUT2D eigenvalue weighted by molar-refractivity contribution is -0.122. The average Bonchev–Trinajstić information content (AvgIpc) is 2.64. The molecule has 0 saturated carbocycles. The van der Waals surface area contributed by atoms with Gasteiger partial charge in [-0.1, -0.05) is 40.9 Å². The van der Waals surface area contributed by atoms with Crippen LogP contribution in [0, 0.1) is 0 Å². The summed E-state index contributed by atoms with van der Waals surface area (Å²) in [6, 6.07) is 10.3. The summed E-state index contributed by atoms with van der Waals surface area (Å²) in [7, 11) is -2.46. The first-order valence-electron chi connectivity index (χ1n) is 8.61. The van der Waals surface area contributed by atoms with Crippen LogP contribution < -0.4 is 5.32 Å². The van der Waals surface area contributed by atoms with Crippen molar-refractivity contribution in [3.63, 3.8) is 0 Å². The van der Waals surface area contributed by atoms with Gasteiger partial charge in [-0.2, -0.15) is 4.31 Å². The highest BCUT2D eigenvalue weighted by molar-refractivity contribution is 7.89. The standard InChI is InChI=1S/C19H21Cl3N2O4S/c1-13(12-28-2)23-19(25)11-24(10-14-3-8-17(21)18(22)9-14)29(26,27)16-6-4-15(20)5-7-16/h3-9,13H,10-12H2,1-2H3,(H,23,25)/t13-/m0/s1. The molecule has 0 aliphatic carbocycles. The van der Waals surface area contributed by atoms with E-state index in [9.17, 15) is 13.2 Å². The van der Waals surface area contributed by atoms with E-state index >= 15 is 0 Å². The van der Waals surface area contributed by atoms with Crippen LogP contribution in [0.4, 0.5) is 0 Å². The fourth-order valence-electron chi connectivity index (χ4n) is 2.60. The van der Waals surface area contributed by atoms with Crippen molar-refractivity contribution in [3.05, 3.63) is 63.1 Å². The number of nitrogens with zero attached hydrogens (tertiary/aromatic N) is 1. The van der Waals surface area contributed by atoms with Gasteiger partial charge in [0, 0.05) is 24.7 Å². The second-order valence-electron chi connectivity index (χ2n) is 6.40. The summed E-state index contributed by atoms with van der Waals surface area (Å²) in [4.78, 5) is 12.5. The molecule has 6 nitrogen and oxygen atoms in total. The van der Waals surface area contributed by atoms with Crippen LogP contribution in [-0.4, -0.2) is 44.9 Å². The molecular weight excluding hydrogens is 459 g/mol. The Hall–Kier alpha value is -1.35. The molecule has 2 aromatic carbocycles. The number of hydrogen-bond acceptors (Lipinski definition) is 4. The maximum atomic E-state index is 13.2. The molecule has 2 rings (SSSR count). The third-order valence-electron chi connectivity index (χ3n) is 3.94. The maximum absolute atomic E-state index is 13.2. The summed E-state index contributed by atoms with van der Waals surface area (Å²) in [5.41, 5.74) is 0.592. The molecule has 0 heterocycles. The minimum absolute atomic E-state index is 0.0275. The zero-order valence-corrected chi connectivity index (χ0v) is 18.9. The van der Waals surface area contributed by atoms with Gasteiger partial charge in [0.1, 0.15) is 0 Å². The molecule has 0 aliphatic rings. The molecule has 10 heteroatoms. The first-order valence-corrected chi connectivity index (χ1v) is 11.2. The van der Waals surface area contributed by atoms with Crippen LogP contribution in [0.15, 0.2) is 47.4 Å². The van der Waals surface area contributed by atoms with E-state index in [1.807, 2.05) is 0 Å². The summed E-state index contributed by atoms with van der Waals surface area (Å²) < 4.78 is 32.4. The molecule has 1 amide bonds. The van der Waals surface area contributed by atoms with Crippen molar-refractivity contribution in [1.29, 1.82) is 0 Å². The summed E-state index contributed by atoms with van der Waals surface area (Å²) >= 11 is 17.8. The number of amides is 1. The van der Waals surface area contributed by atoms with E-state index in [2.05, 4.69) is 5.32 Å². The van der Waals surface area contributed by atoms with Gasteiger partial charge in [-0.05, 0) is 48.9 Å². The van der Waals surface area contributed by atoms with Gasteiger partial charge in [0.25, 0.3) is 0 Å². The number of ether oxygens (including phenoxy) is 1. The second kappa shape index (κ2) is 10.6. The van der Waals surface area contributed by atoms with Gasteiger partial charge in [0.15, 0.2) is 0 Å². The van der Waals surface area contributed by atoms with Crippen LogP contribution in [0.1, 0.15) is 12.5 Å². The first kappa shape index (κ1) is 23.9. The number of methoxy groups -OCH3 is 1. The summed E-state index contributed by atoms with van der Waals surface area (Å²) in [5, 5.41) is 3.77. The van der Waals surface area contributed by atoms with E-state index in [-0.39, 0.29) is 24.0 Å². The molecule has 1 atom stereocenters. The van der Waals surface area contributed by atoms with Crippen LogP contribution in [0.5, 0.6) is 0 Å². The Kier molecular flexibility index (Phi) is 8.75. The molecule has 0 bridgehead atoms. The lowest BCUT2D eigenvalue weighted by atomic mass is 10.2. The number of sulfonamides is 1. The van der Waals surface area contributed by atoms with Gasteiger partial charge in [-0.25, -0.2) is 8.42 Å². The van der Waals surface area contributed by atoms with E-state index < -0.39 is 15.9 Å². The number of carbonyl (C=O) groups excluding carboxylic acids is 1. The van der Waals surface area contributed by atoms with Crippen LogP contribution in [0.25, 0.3) is 0 Å². The molecule has 0 aromatic heterocycles. The summed E-state index contributed by atoms with van der Waals surface area (Å²) in [5.74, 6) is -0.452. The Morgan fingerprint density at radius 3 is 2.34 bits per heavy atom. The molecule has 0 spiro atoms. The number of hydrogen-bond donors (Lipinski definition) is 1. The SMILES string of the molecule is COC[C@H](C)NC(=O)CN(Cc1ccc(Cl)c(Cl)c1)S(=O)(=O)c1ccc(Cl)cc1. The smallest absolute Gasteiger partial charge is 0.243 e. The molecule has 0 saturated heterocycles. The predicted molar refractivity (Wildman–Crippen MR) is 115 cm³/mol. The third-order valence-corrected chi connectivity index (χ3v) is 6.74. The maximum Gasteiger partial charge on any atom is 0.243 e. The van der Waals surface area contributed by atoms with Gasteiger partial charge >= 0.3 is 0 Å². The quantitative estimate of drug-likeness (QED) is 0.590. The predicted octanol–water partition coefficient (Wildman–Crippen LogP) is 3.99. The van der Waals surface area contributed by atoms with Gasteiger partial charge < -0.3 is 10.1 Å². The van der Waals surface area contributed by atoms with Crippen LogP contribution >= 0.6 is 34.8 Å². The van der Waals surface area contributed by atoms with Crippen molar-refractivity contribution in [2.75, 3.05) is 20.3 Å². The topological polar surface area (TPSA) is 75.7 Å². The number of halogens is 3. The Morgan fingerprint density at radius 2 is 1.76 bits per heavy atom. The molecule has 2 aromatic rings. The Morgan fingerprint density at radius 1 is 1.10 bits per heavy atom. The minimum atomic E-state index is -3.98. The lowest BCUT2D eigenvalue weighted by Crippen LogP contribution is -2.44. The number of benzene rings is 2. The molecule has 158 valence electrons. The molecule has 0 aliphatic heterocycles. The molecule has 29 heavy (non-hydrogen) atoms. The van der Waals surface area contributed by atoms with E-state index in [1.165, 1.54) is 31.4 Å². The second-order valence-corrected chi connectivity index (χ2v) is 9.59. The van der Waals surface area contributed by atoms with Gasteiger partial charge in [-0.15, -0.1) is 0 Å². The number of carbonyl (C=O) groups is 1. The highest BCUT2D eigenvalue weighted by atomic mass is 35.5. The summed E-state index contributed by atoms with van der Waals surface area (Å²) in [6.45, 7) is 1.63. The van der Waals surface area contributed by atoms with Crippen molar-refractivity contribution >= 4 is 50.7 Å². The van der Waals surface area contributed by atoms with Gasteiger partial charge in [0.05, 0.1) is 28.1 Å². The van der Waals surface area contributed by atoms with E-state index in [1.54, 1.807) is 25.1 Å². The van der Waals surface area contributed by atoms with Crippen LogP contribution in [0.2, 0.25) is 15.1 Å². The third kappa shape index (κ3) is 6.84. The molecule has 0 fully saturated rings. The lowest BCUT2D eigenvalue weighted by Gasteiger charge is -2.23. The number of rotatable bonds is 9. The molecular formula is C19H21Cl3N2O4S. The molecule has 0 unspecified atom stereocenters. The fraction of sp³-hybridized carbons (Fsp3) is 0.316. The Balaban J connectivity index is 2.32. The number of nitrogens with one attached hydrogen (secondary N) is 1. The normalized spacial score (nSPS) is 12.8. The van der Waals surface area contributed by atoms with Crippen molar-refractivity contribution in [1.82, 2.24) is 9.62 Å². The first-order chi connectivity index (χ1) is 13.6. The molecule has 0 radical (unpaired) electrons. The van der Waals surface area contributed by atoms with Gasteiger partial charge in [0.2, 0.25) is 15.9 Å². The van der Waals surface area contributed by atoms with E-state index in [0.717, 1.165) is 4.31 Å². The van der Waals surface area contributed by atoms with E-state index in [0.29, 0.717) is 27.2 Å². The van der Waals surface area contributed by atoms with Crippen molar-refractivity contribution in [2.45, 2.75) is 24.4 Å². The van der Waals surface area contributed by atoms with Crippen molar-refractivity contribution < 1.29 is 17.9 Å². The Labute approximate surface area is 185 Å². The monoisotopic (exact) mass is 478 g/mol. The van der Waals surface area contributed by atoms with Crippen LogP contribution in [-0.2, 0) is 26.1 Å². The summed E-state index contributed by atoms with van der Waals surface area (Å²) in [6.07, 6.45) is 0. The van der Waals surface area contributed by atoms with E-state index in [4.69, 9.17) is 39.5 Å². The highest BCUT2D eigenvalue weighted by Gasteiger charge is 2.27. The largest absolute Gasteiger partial charge is 0.383 e. The van der Waals surface area contributed by atoms with Crippen molar-refractivity contribution in [3.8, 4) is 0 Å². The Bertz CT molecular complexity index is 952. The minimum Gasteiger partial charge on any atom is -0.383 e. The highest BCUT2D eigenvalue weighted by Crippen LogP contribution is 2.25.